The Kier molecular flexibility index (Phi) is 5.56. The van der Waals surface area contributed by atoms with E-state index in [1.807, 2.05) is 0 Å². The standard InChI is InChI=1S/C11H17N5O2/c1-13-11(18)8-5-6-10(16-15-8)14-7-3-2-4-9(12)17/h5-6H,2-4,7H2,1H3,(H2,12,17)(H,13,18)(H,14,16). The van der Waals surface area contributed by atoms with Crippen LogP contribution in [0.1, 0.15) is 29.8 Å². The molecule has 0 aliphatic rings. The minimum Gasteiger partial charge on any atom is -0.370 e. The van der Waals surface area contributed by atoms with Crippen molar-refractivity contribution in [3.8, 4) is 0 Å². The molecule has 1 aromatic heterocycles. The third-order valence-corrected chi connectivity index (χ3v) is 2.28. The van der Waals surface area contributed by atoms with Crippen molar-refractivity contribution < 1.29 is 9.59 Å². The van der Waals surface area contributed by atoms with Crippen LogP contribution in [0.15, 0.2) is 12.1 Å². The molecular weight excluding hydrogens is 234 g/mol. The Hall–Kier alpha value is -2.18. The number of hydrogen-bond donors (Lipinski definition) is 3. The van der Waals surface area contributed by atoms with Gasteiger partial charge in [-0.2, -0.15) is 0 Å². The molecule has 4 N–H and O–H groups in total. The first-order valence-corrected chi connectivity index (χ1v) is 5.71. The van der Waals surface area contributed by atoms with Crippen LogP contribution in [-0.2, 0) is 4.79 Å². The lowest BCUT2D eigenvalue weighted by Crippen LogP contribution is -2.19. The molecule has 0 spiro atoms. The van der Waals surface area contributed by atoms with Crippen LogP contribution in [0.3, 0.4) is 0 Å². The van der Waals surface area contributed by atoms with Crippen LogP contribution in [0, 0.1) is 0 Å². The van der Waals surface area contributed by atoms with Gasteiger partial charge in [-0.1, -0.05) is 0 Å². The number of anilines is 1. The van der Waals surface area contributed by atoms with Gasteiger partial charge in [0.25, 0.3) is 5.91 Å². The lowest BCUT2D eigenvalue weighted by atomic mass is 10.2. The van der Waals surface area contributed by atoms with E-state index in [1.54, 1.807) is 12.1 Å². The number of aromatic nitrogens is 2. The second-order valence-electron chi connectivity index (χ2n) is 3.73. The topological polar surface area (TPSA) is 110 Å². The van der Waals surface area contributed by atoms with Gasteiger partial charge in [0.1, 0.15) is 5.82 Å². The zero-order chi connectivity index (χ0) is 13.4. The number of nitrogens with zero attached hydrogens (tertiary/aromatic N) is 2. The van der Waals surface area contributed by atoms with Crippen LogP contribution >= 0.6 is 0 Å². The number of carbonyl (C=O) groups is 2. The third-order valence-electron chi connectivity index (χ3n) is 2.28. The van der Waals surface area contributed by atoms with Crippen LogP contribution in [0.25, 0.3) is 0 Å². The predicted octanol–water partition coefficient (Wildman–Crippen LogP) is -0.0963. The summed E-state index contributed by atoms with van der Waals surface area (Å²) in [5, 5.41) is 13.2. The van der Waals surface area contributed by atoms with Crippen molar-refractivity contribution in [3.05, 3.63) is 17.8 Å². The van der Waals surface area contributed by atoms with E-state index in [9.17, 15) is 9.59 Å². The SMILES string of the molecule is CNC(=O)c1ccc(NCCCCC(N)=O)nn1. The molecule has 0 aromatic carbocycles. The molecule has 0 saturated carbocycles. The van der Waals surface area contributed by atoms with Gasteiger partial charge in [0, 0.05) is 20.0 Å². The summed E-state index contributed by atoms with van der Waals surface area (Å²) in [5.74, 6) is 0.0435. The van der Waals surface area contributed by atoms with E-state index < -0.39 is 0 Å². The van der Waals surface area contributed by atoms with Crippen molar-refractivity contribution in [1.82, 2.24) is 15.5 Å². The number of hydrogen-bond acceptors (Lipinski definition) is 5. The van der Waals surface area contributed by atoms with Gasteiger partial charge in [0.15, 0.2) is 5.69 Å². The molecule has 0 unspecified atom stereocenters. The Morgan fingerprint density at radius 1 is 1.28 bits per heavy atom. The number of carbonyl (C=O) groups excluding carboxylic acids is 2. The maximum Gasteiger partial charge on any atom is 0.271 e. The highest BCUT2D eigenvalue weighted by Gasteiger charge is 2.04. The molecule has 7 nitrogen and oxygen atoms in total. The molecule has 0 bridgehead atoms. The van der Waals surface area contributed by atoms with E-state index in [1.165, 1.54) is 7.05 Å². The average Bonchev–Trinajstić information content (AvgIpc) is 2.38. The molecule has 0 saturated heterocycles. The van der Waals surface area contributed by atoms with Crippen LogP contribution in [0.4, 0.5) is 5.82 Å². The summed E-state index contributed by atoms with van der Waals surface area (Å²) >= 11 is 0. The highest BCUT2D eigenvalue weighted by Crippen LogP contribution is 2.03. The molecule has 2 amide bonds. The van der Waals surface area contributed by atoms with E-state index in [0.29, 0.717) is 18.8 Å². The van der Waals surface area contributed by atoms with Gasteiger partial charge in [-0.15, -0.1) is 10.2 Å². The van der Waals surface area contributed by atoms with E-state index >= 15 is 0 Å². The normalized spacial score (nSPS) is 9.83. The molecular formula is C11H17N5O2. The smallest absolute Gasteiger partial charge is 0.271 e. The number of amides is 2. The summed E-state index contributed by atoms with van der Waals surface area (Å²) in [6.07, 6.45) is 1.96. The van der Waals surface area contributed by atoms with E-state index in [4.69, 9.17) is 5.73 Å². The Morgan fingerprint density at radius 2 is 2.06 bits per heavy atom. The summed E-state index contributed by atoms with van der Waals surface area (Å²) in [5.41, 5.74) is 5.30. The predicted molar refractivity (Wildman–Crippen MR) is 67.0 cm³/mol. The van der Waals surface area contributed by atoms with Gasteiger partial charge in [0.05, 0.1) is 0 Å². The Morgan fingerprint density at radius 3 is 2.61 bits per heavy atom. The number of unbranched alkanes of at least 4 members (excludes halogenated alkanes) is 1. The lowest BCUT2D eigenvalue weighted by molar-refractivity contribution is -0.118. The molecule has 1 rings (SSSR count). The zero-order valence-corrected chi connectivity index (χ0v) is 10.3. The van der Waals surface area contributed by atoms with Crippen molar-refractivity contribution >= 4 is 17.6 Å². The summed E-state index contributed by atoms with van der Waals surface area (Å²) in [7, 11) is 1.54. The van der Waals surface area contributed by atoms with Gasteiger partial charge >= 0.3 is 0 Å². The fraction of sp³-hybridized carbons (Fsp3) is 0.455. The minimum atomic E-state index is -0.287. The number of rotatable bonds is 7. The largest absolute Gasteiger partial charge is 0.370 e. The maximum atomic E-state index is 11.2. The van der Waals surface area contributed by atoms with Crippen LogP contribution in [0.2, 0.25) is 0 Å². The van der Waals surface area contributed by atoms with Gasteiger partial charge in [0.2, 0.25) is 5.91 Å². The Labute approximate surface area is 105 Å². The average molecular weight is 251 g/mol. The molecule has 7 heteroatoms. The van der Waals surface area contributed by atoms with Crippen LogP contribution < -0.4 is 16.4 Å². The van der Waals surface area contributed by atoms with Crippen molar-refractivity contribution in [3.63, 3.8) is 0 Å². The number of nitrogens with two attached hydrogens (primary N) is 1. The molecule has 98 valence electrons. The van der Waals surface area contributed by atoms with E-state index in [-0.39, 0.29) is 17.5 Å². The monoisotopic (exact) mass is 251 g/mol. The first-order chi connectivity index (χ1) is 8.63. The molecule has 0 radical (unpaired) electrons. The van der Waals surface area contributed by atoms with Crippen LogP contribution in [0.5, 0.6) is 0 Å². The summed E-state index contributed by atoms with van der Waals surface area (Å²) in [6, 6.07) is 3.28. The maximum absolute atomic E-state index is 11.2. The first kappa shape index (κ1) is 13.9. The highest BCUT2D eigenvalue weighted by molar-refractivity contribution is 5.91. The van der Waals surface area contributed by atoms with Gasteiger partial charge < -0.3 is 16.4 Å². The van der Waals surface area contributed by atoms with Crippen molar-refractivity contribution in [1.29, 1.82) is 0 Å². The highest BCUT2D eigenvalue weighted by atomic mass is 16.2. The molecule has 0 aliphatic carbocycles. The molecule has 0 atom stereocenters. The van der Waals surface area contributed by atoms with Gasteiger partial charge in [-0.3, -0.25) is 9.59 Å². The number of nitrogens with one attached hydrogen (secondary N) is 2. The summed E-state index contributed by atoms with van der Waals surface area (Å²) in [6.45, 7) is 0.682. The van der Waals surface area contributed by atoms with E-state index in [0.717, 1.165) is 12.8 Å². The van der Waals surface area contributed by atoms with Gasteiger partial charge in [-0.05, 0) is 25.0 Å². The molecule has 1 aromatic rings. The zero-order valence-electron chi connectivity index (χ0n) is 10.3. The second kappa shape index (κ2) is 7.21. The first-order valence-electron chi connectivity index (χ1n) is 5.71. The van der Waals surface area contributed by atoms with E-state index in [2.05, 4.69) is 20.8 Å². The summed E-state index contributed by atoms with van der Waals surface area (Å²) < 4.78 is 0. The quantitative estimate of drug-likeness (QED) is 0.586. The van der Waals surface area contributed by atoms with Crippen molar-refractivity contribution in [2.45, 2.75) is 19.3 Å². The lowest BCUT2D eigenvalue weighted by Gasteiger charge is -2.04. The van der Waals surface area contributed by atoms with Gasteiger partial charge in [-0.25, -0.2) is 0 Å². The van der Waals surface area contributed by atoms with Crippen molar-refractivity contribution in [2.75, 3.05) is 18.9 Å². The third kappa shape index (κ3) is 4.77. The Balaban J connectivity index is 2.31. The minimum absolute atomic E-state index is 0.268. The molecule has 0 aliphatic heterocycles. The fourth-order valence-electron chi connectivity index (χ4n) is 1.32. The molecule has 18 heavy (non-hydrogen) atoms. The Bertz CT molecular complexity index is 404. The molecule has 0 fully saturated rings. The molecule has 1 heterocycles. The summed E-state index contributed by atoms with van der Waals surface area (Å²) in [4.78, 5) is 21.7. The number of primary amides is 1. The van der Waals surface area contributed by atoms with Crippen LogP contribution in [-0.4, -0.2) is 35.6 Å². The fourth-order valence-corrected chi connectivity index (χ4v) is 1.32. The second-order valence-corrected chi connectivity index (χ2v) is 3.73. The van der Waals surface area contributed by atoms with Crippen molar-refractivity contribution in [2.24, 2.45) is 5.73 Å².